The molecule has 0 radical (unpaired) electrons. The summed E-state index contributed by atoms with van der Waals surface area (Å²) in [5.41, 5.74) is 0.964. The van der Waals surface area contributed by atoms with Crippen LogP contribution >= 0.6 is 0 Å². The molecule has 3 aromatic rings. The minimum atomic E-state index is -1.98. The second kappa shape index (κ2) is 16.9. The number of benzene rings is 1. The molecule has 0 aliphatic carbocycles. The minimum Gasteiger partial charge on any atom is -0.508 e. The van der Waals surface area contributed by atoms with Gasteiger partial charge in [0, 0.05) is 48.7 Å². The number of fused-ring (bicyclic) bond motifs is 5. The Morgan fingerprint density at radius 1 is 1.17 bits per heavy atom. The van der Waals surface area contributed by atoms with E-state index in [1.165, 1.54) is 18.6 Å². The van der Waals surface area contributed by atoms with Gasteiger partial charge in [-0.3, -0.25) is 9.59 Å². The van der Waals surface area contributed by atoms with Crippen molar-refractivity contribution in [2.24, 2.45) is 0 Å². The van der Waals surface area contributed by atoms with Crippen LogP contribution in [0.5, 0.6) is 5.75 Å². The fraction of sp³-hybridized carbons (Fsp3) is 0.514. The summed E-state index contributed by atoms with van der Waals surface area (Å²) in [4.78, 5) is 72.5. The predicted octanol–water partition coefficient (Wildman–Crippen LogP) is 1.78. The molecule has 0 fully saturated rings. The molecule has 17 nitrogen and oxygen atoms in total. The Labute approximate surface area is 311 Å². The Balaban J connectivity index is 1.28. The van der Waals surface area contributed by atoms with Crippen molar-refractivity contribution in [3.05, 3.63) is 56.9 Å². The summed E-state index contributed by atoms with van der Waals surface area (Å²) in [6.07, 6.45) is -1.97. The number of carbonyl (C=O) groups is 4. The number of cyclic esters (lactones) is 1. The van der Waals surface area contributed by atoms with Gasteiger partial charge in [-0.1, -0.05) is 13.8 Å². The average molecular weight is 754 g/mol. The maximum Gasteiger partial charge on any atom is 0.407 e. The van der Waals surface area contributed by atoms with E-state index in [1.807, 2.05) is 32.0 Å². The van der Waals surface area contributed by atoms with Crippen LogP contribution in [0.15, 0.2) is 29.1 Å². The number of hydrogen-bond donors (Lipinski definition) is 4. The predicted molar refractivity (Wildman–Crippen MR) is 192 cm³/mol. The fourth-order valence-electron chi connectivity index (χ4n) is 6.49. The van der Waals surface area contributed by atoms with E-state index in [1.54, 1.807) is 25.1 Å². The Morgan fingerprint density at radius 2 is 1.93 bits per heavy atom. The summed E-state index contributed by atoms with van der Waals surface area (Å²) in [6.45, 7) is 4.57. The number of amides is 2. The lowest BCUT2D eigenvalue weighted by atomic mass is 9.85. The highest BCUT2D eigenvalue weighted by Gasteiger charge is 2.51. The van der Waals surface area contributed by atoms with Crippen molar-refractivity contribution in [3.8, 4) is 17.1 Å². The second-order valence-electron chi connectivity index (χ2n) is 13.4. The quantitative estimate of drug-likeness (QED) is 0.0729. The van der Waals surface area contributed by atoms with Crippen molar-refractivity contribution >= 4 is 34.8 Å². The first-order valence-corrected chi connectivity index (χ1v) is 17.7. The number of alkyl carbamates (subject to hydrolysis) is 1. The fourth-order valence-corrected chi connectivity index (χ4v) is 6.49. The van der Waals surface area contributed by atoms with Gasteiger partial charge in [-0.05, 0) is 58.1 Å². The highest BCUT2D eigenvalue weighted by Crippen LogP contribution is 2.41. The zero-order valence-corrected chi connectivity index (χ0v) is 31.2. The van der Waals surface area contributed by atoms with Crippen LogP contribution in [0.25, 0.3) is 22.3 Å². The van der Waals surface area contributed by atoms with Gasteiger partial charge >= 0.3 is 18.0 Å². The van der Waals surface area contributed by atoms with Crippen molar-refractivity contribution in [1.82, 2.24) is 25.1 Å². The lowest BCUT2D eigenvalue weighted by Gasteiger charge is -2.36. The van der Waals surface area contributed by atoms with E-state index in [-0.39, 0.29) is 62.6 Å². The number of ether oxygens (including phenoxy) is 5. The molecule has 0 saturated heterocycles. The van der Waals surface area contributed by atoms with Crippen molar-refractivity contribution < 1.29 is 53.1 Å². The van der Waals surface area contributed by atoms with Gasteiger partial charge in [-0.15, -0.1) is 0 Å². The number of aliphatic hydroxyl groups excluding tert-OH is 1. The Kier molecular flexibility index (Phi) is 12.6. The van der Waals surface area contributed by atoms with Crippen LogP contribution in [0.1, 0.15) is 62.3 Å². The molecule has 2 aromatic heterocycles. The lowest BCUT2D eigenvalue weighted by molar-refractivity contribution is -0.190. The van der Waals surface area contributed by atoms with E-state index in [4.69, 9.17) is 28.7 Å². The summed E-state index contributed by atoms with van der Waals surface area (Å²) >= 11 is 0. The van der Waals surface area contributed by atoms with Crippen LogP contribution in [-0.4, -0.2) is 108 Å². The molecule has 5 rings (SSSR count). The molecule has 4 atom stereocenters. The molecule has 2 unspecified atom stereocenters. The van der Waals surface area contributed by atoms with Gasteiger partial charge in [0.1, 0.15) is 25.0 Å². The SMILES string of the molecule is CCC(CO)OC(COC(=O)NCCC(=O)N[C@H](C)C(=O)O[C@]1(CC)C(=O)OCc2c1cc1n(c2=O)Cc2cc3c(CN(C)C)c(O)ccc3nc2-1)OC. The van der Waals surface area contributed by atoms with Gasteiger partial charge in [0.2, 0.25) is 11.5 Å². The smallest absolute Gasteiger partial charge is 0.407 e. The molecule has 0 spiro atoms. The number of phenols is 1. The van der Waals surface area contributed by atoms with Crippen LogP contribution in [-0.2, 0) is 63.4 Å². The summed E-state index contributed by atoms with van der Waals surface area (Å²) in [6, 6.07) is 5.61. The molecule has 0 bridgehead atoms. The lowest BCUT2D eigenvalue weighted by Crippen LogP contribution is -2.50. The minimum absolute atomic E-state index is 0.0700. The van der Waals surface area contributed by atoms with E-state index in [0.29, 0.717) is 35.4 Å². The van der Waals surface area contributed by atoms with Crippen LogP contribution < -0.4 is 16.2 Å². The molecule has 4 N–H and O–H groups in total. The molecule has 54 heavy (non-hydrogen) atoms. The standard InChI is InChI=1S/C37H47N5O12/c1-7-22(17-43)53-31(50-6)19-52-36(49)38-12-11-30(45)39-20(3)34(47)54-37(8-2)26-14-28-32-21(15-42(28)33(46)25(26)18-51-35(37)48)13-23-24(16-41(4)5)29(44)10-9-27(23)40-32/h9-10,13-14,20,22,31,43-44H,7-8,11-12,15-19H2,1-6H3,(H,38,49)(H,39,45)/t20-,22?,31?,37+/m1/s1. The molecule has 0 saturated carbocycles. The molecule has 4 heterocycles. The number of methoxy groups -OCH3 is 1. The van der Waals surface area contributed by atoms with Gasteiger partial charge in [0.15, 0.2) is 6.29 Å². The van der Waals surface area contributed by atoms with E-state index in [2.05, 4.69) is 10.6 Å². The summed E-state index contributed by atoms with van der Waals surface area (Å²) in [5.74, 6) is -2.26. The Morgan fingerprint density at radius 3 is 2.59 bits per heavy atom. The van der Waals surface area contributed by atoms with Gasteiger partial charge in [0.25, 0.3) is 5.56 Å². The molecular formula is C37H47N5O12. The number of aliphatic hydroxyl groups is 1. The van der Waals surface area contributed by atoms with Gasteiger partial charge < -0.3 is 54.0 Å². The maximum atomic E-state index is 14.0. The third kappa shape index (κ3) is 8.18. The Bertz CT molecular complexity index is 1980. The molecular weight excluding hydrogens is 706 g/mol. The summed E-state index contributed by atoms with van der Waals surface area (Å²) in [5, 5.41) is 25.6. The highest BCUT2D eigenvalue weighted by molar-refractivity contribution is 5.91. The molecule has 2 amide bonds. The molecule has 17 heteroatoms. The second-order valence-corrected chi connectivity index (χ2v) is 13.4. The molecule has 2 aliphatic rings. The number of carbonyl (C=O) groups excluding carboxylic acids is 4. The van der Waals surface area contributed by atoms with E-state index in [9.17, 15) is 34.2 Å². The topological polar surface area (TPSA) is 217 Å². The van der Waals surface area contributed by atoms with Crippen LogP contribution in [0.4, 0.5) is 4.79 Å². The van der Waals surface area contributed by atoms with Gasteiger partial charge in [0.05, 0.1) is 41.7 Å². The van der Waals surface area contributed by atoms with Crippen molar-refractivity contribution in [1.29, 1.82) is 0 Å². The average Bonchev–Trinajstić information content (AvgIpc) is 3.51. The normalized spacial score (nSPS) is 17.5. The zero-order valence-electron chi connectivity index (χ0n) is 31.2. The van der Waals surface area contributed by atoms with E-state index in [0.717, 1.165) is 10.9 Å². The number of hydrogen-bond acceptors (Lipinski definition) is 14. The van der Waals surface area contributed by atoms with Crippen molar-refractivity contribution in [2.75, 3.05) is 41.0 Å². The molecule has 2 aliphatic heterocycles. The van der Waals surface area contributed by atoms with E-state index < -0.39 is 53.5 Å². The van der Waals surface area contributed by atoms with Crippen molar-refractivity contribution in [2.45, 2.75) is 83.8 Å². The van der Waals surface area contributed by atoms with Gasteiger partial charge in [-0.2, -0.15) is 0 Å². The van der Waals surface area contributed by atoms with Crippen LogP contribution in [0.3, 0.4) is 0 Å². The zero-order chi connectivity index (χ0) is 39.3. The maximum absolute atomic E-state index is 14.0. The summed E-state index contributed by atoms with van der Waals surface area (Å²) < 4.78 is 28.5. The molecule has 292 valence electrons. The van der Waals surface area contributed by atoms with E-state index >= 15 is 0 Å². The number of nitrogens with zero attached hydrogens (tertiary/aromatic N) is 3. The number of rotatable bonds is 16. The summed E-state index contributed by atoms with van der Waals surface area (Å²) in [7, 11) is 5.15. The Hall–Kier alpha value is -5.10. The highest BCUT2D eigenvalue weighted by atomic mass is 16.7. The monoisotopic (exact) mass is 753 g/mol. The number of aromatic hydroxyl groups is 1. The number of nitrogens with one attached hydrogen (secondary N) is 2. The number of pyridine rings is 2. The first-order chi connectivity index (χ1) is 25.8. The number of phenolic OH excluding ortho intramolecular Hbond substituents is 1. The largest absolute Gasteiger partial charge is 0.508 e. The van der Waals surface area contributed by atoms with Crippen LogP contribution in [0.2, 0.25) is 0 Å². The third-order valence-corrected chi connectivity index (χ3v) is 9.46. The van der Waals surface area contributed by atoms with Crippen molar-refractivity contribution in [3.63, 3.8) is 0 Å². The van der Waals surface area contributed by atoms with Gasteiger partial charge in [-0.25, -0.2) is 19.4 Å². The number of esters is 2. The molecule has 1 aromatic carbocycles. The first kappa shape index (κ1) is 40.1. The third-order valence-electron chi connectivity index (χ3n) is 9.46. The van der Waals surface area contributed by atoms with Crippen LogP contribution in [0, 0.1) is 0 Å². The first-order valence-electron chi connectivity index (χ1n) is 17.7. The number of aromatic nitrogens is 2.